The van der Waals surface area contributed by atoms with Gasteiger partial charge in [0.15, 0.2) is 9.84 Å². The van der Waals surface area contributed by atoms with Gasteiger partial charge in [0.25, 0.3) is 5.91 Å². The topological polar surface area (TPSA) is 171 Å². The molecule has 3 unspecified atom stereocenters. The first-order valence-corrected chi connectivity index (χ1v) is 20.4. The monoisotopic (exact) mass is 735 g/mol. The quantitative estimate of drug-likeness (QED) is 0.116. The van der Waals surface area contributed by atoms with E-state index in [0.29, 0.717) is 32.1 Å². The van der Waals surface area contributed by atoms with Crippen LogP contribution < -0.4 is 21.3 Å². The van der Waals surface area contributed by atoms with Gasteiger partial charge >= 0.3 is 6.03 Å². The molecule has 13 heteroatoms. The molecule has 1 aliphatic heterocycles. The summed E-state index contributed by atoms with van der Waals surface area (Å²) in [5.41, 5.74) is -2.13. The third-order valence-corrected chi connectivity index (χ3v) is 13.6. The molecule has 3 fully saturated rings. The Kier molecular flexibility index (Phi) is 13.6. The first-order chi connectivity index (χ1) is 23.4. The SMILES string of the molecule is C=CCCNC(=O)C(=O)C(CC1CC1)NC(=O)C1C(C(C)(C)C)CCN1C(=O)[C@@H](NC(=O)NC1(CS(=O)(=O)C(C)(C)C)CCCCC1)C(C)(C)C. The molecular formula is C38H65N5O7S. The number of rotatable bonds is 14. The Morgan fingerprint density at radius 2 is 1.51 bits per heavy atom. The van der Waals surface area contributed by atoms with Crippen LogP contribution in [0.1, 0.15) is 127 Å². The Balaban J connectivity index is 1.88. The van der Waals surface area contributed by atoms with Crippen LogP contribution in [0.15, 0.2) is 12.7 Å². The van der Waals surface area contributed by atoms with Gasteiger partial charge in [-0.2, -0.15) is 0 Å². The van der Waals surface area contributed by atoms with Crippen LogP contribution in [0.2, 0.25) is 0 Å². The van der Waals surface area contributed by atoms with E-state index in [0.717, 1.165) is 32.1 Å². The van der Waals surface area contributed by atoms with Gasteiger partial charge in [-0.05, 0) is 75.5 Å². The number of hydrogen-bond acceptors (Lipinski definition) is 7. The third kappa shape index (κ3) is 11.3. The molecular weight excluding hydrogens is 671 g/mol. The molecule has 1 saturated heterocycles. The lowest BCUT2D eigenvalue weighted by molar-refractivity contribution is -0.145. The molecule has 2 saturated carbocycles. The molecule has 0 aromatic rings. The minimum atomic E-state index is -3.57. The summed E-state index contributed by atoms with van der Waals surface area (Å²) in [7, 11) is -3.57. The maximum absolute atomic E-state index is 14.6. The molecule has 4 N–H and O–H groups in total. The molecule has 12 nitrogen and oxygen atoms in total. The largest absolute Gasteiger partial charge is 0.349 e. The molecule has 0 aromatic carbocycles. The maximum Gasteiger partial charge on any atom is 0.315 e. The predicted octanol–water partition coefficient (Wildman–Crippen LogP) is 4.43. The average Bonchev–Trinajstić information content (AvgIpc) is 3.69. The lowest BCUT2D eigenvalue weighted by Gasteiger charge is -2.41. The zero-order valence-corrected chi connectivity index (χ0v) is 33.4. The number of hydrogen-bond donors (Lipinski definition) is 4. The van der Waals surface area contributed by atoms with Crippen LogP contribution in [0.25, 0.3) is 0 Å². The summed E-state index contributed by atoms with van der Waals surface area (Å²) in [6.07, 6.45) is 8.39. The lowest BCUT2D eigenvalue weighted by Crippen LogP contribution is -2.64. The van der Waals surface area contributed by atoms with Crippen molar-refractivity contribution >= 4 is 39.4 Å². The summed E-state index contributed by atoms with van der Waals surface area (Å²) in [6, 6.07) is -3.64. The van der Waals surface area contributed by atoms with Gasteiger partial charge in [0.2, 0.25) is 17.6 Å². The van der Waals surface area contributed by atoms with Crippen LogP contribution in [0.5, 0.6) is 0 Å². The Morgan fingerprint density at radius 1 is 0.902 bits per heavy atom. The molecule has 51 heavy (non-hydrogen) atoms. The van der Waals surface area contributed by atoms with Gasteiger partial charge in [-0.15, -0.1) is 6.58 Å². The Labute approximate surface area is 306 Å². The number of ketones is 1. The summed E-state index contributed by atoms with van der Waals surface area (Å²) in [5.74, 6) is -2.62. The molecule has 0 spiro atoms. The summed E-state index contributed by atoms with van der Waals surface area (Å²) < 4.78 is 25.7. The van der Waals surface area contributed by atoms with Crippen LogP contribution in [0, 0.1) is 22.7 Å². The summed E-state index contributed by atoms with van der Waals surface area (Å²) in [5, 5.41) is 11.4. The predicted molar refractivity (Wildman–Crippen MR) is 199 cm³/mol. The van der Waals surface area contributed by atoms with Crippen molar-refractivity contribution in [1.82, 2.24) is 26.2 Å². The molecule has 5 amide bonds. The zero-order valence-electron chi connectivity index (χ0n) is 32.6. The summed E-state index contributed by atoms with van der Waals surface area (Å²) in [6.45, 7) is 20.7. The van der Waals surface area contributed by atoms with Crippen LogP contribution >= 0.6 is 0 Å². The van der Waals surface area contributed by atoms with E-state index >= 15 is 0 Å². The smallest absolute Gasteiger partial charge is 0.315 e. The van der Waals surface area contributed by atoms with E-state index in [1.54, 1.807) is 26.8 Å². The highest BCUT2D eigenvalue weighted by Gasteiger charge is 2.51. The second-order valence-electron chi connectivity index (χ2n) is 18.3. The van der Waals surface area contributed by atoms with E-state index in [2.05, 4.69) is 27.8 Å². The fraction of sp³-hybridized carbons (Fsp3) is 0.816. The standard InChI is InChI=1S/C38H65N5O7S/c1-11-12-21-39-32(46)29(44)27(23-25-16-17-25)40-31(45)28-26(35(2,3)4)18-22-43(28)33(47)30(36(5,6)7)41-34(48)42-38(19-14-13-15-20-38)24-51(49,50)37(8,9)10/h11,25-28,30H,1,12-24H2,2-10H3,(H,39,46)(H,40,45)(H2,41,42,48)/t26?,27?,28?,30-/m1/s1. The molecule has 3 aliphatic rings. The van der Waals surface area contributed by atoms with Crippen LogP contribution in [-0.4, -0.2) is 90.1 Å². The summed E-state index contributed by atoms with van der Waals surface area (Å²) in [4.78, 5) is 70.2. The minimum Gasteiger partial charge on any atom is -0.349 e. The first-order valence-electron chi connectivity index (χ1n) is 18.8. The van der Waals surface area contributed by atoms with Gasteiger partial charge in [0.05, 0.1) is 22.1 Å². The highest BCUT2D eigenvalue weighted by molar-refractivity contribution is 7.92. The number of carbonyl (C=O) groups excluding carboxylic acids is 5. The molecule has 290 valence electrons. The number of likely N-dealkylation sites (tertiary alicyclic amines) is 1. The van der Waals surface area contributed by atoms with Gasteiger partial charge in [0.1, 0.15) is 12.1 Å². The van der Waals surface area contributed by atoms with E-state index in [4.69, 9.17) is 0 Å². The number of nitrogens with zero attached hydrogens (tertiary/aromatic N) is 1. The van der Waals surface area contributed by atoms with Crippen molar-refractivity contribution in [1.29, 1.82) is 0 Å². The van der Waals surface area contributed by atoms with Crippen molar-refractivity contribution in [3.05, 3.63) is 12.7 Å². The van der Waals surface area contributed by atoms with Crippen molar-refractivity contribution in [2.75, 3.05) is 18.8 Å². The lowest BCUT2D eigenvalue weighted by atomic mass is 9.75. The van der Waals surface area contributed by atoms with Gasteiger partial charge < -0.3 is 26.2 Å². The molecule has 2 aliphatic carbocycles. The van der Waals surface area contributed by atoms with Gasteiger partial charge in [-0.25, -0.2) is 13.2 Å². The zero-order chi connectivity index (χ0) is 38.6. The second-order valence-corrected chi connectivity index (χ2v) is 21.0. The van der Waals surface area contributed by atoms with Crippen molar-refractivity contribution in [2.24, 2.45) is 22.7 Å². The van der Waals surface area contributed by atoms with Crippen LogP contribution in [-0.2, 0) is 29.0 Å². The second kappa shape index (κ2) is 16.4. The Hall–Kier alpha value is -2.96. The fourth-order valence-electron chi connectivity index (χ4n) is 7.32. The molecule has 1 heterocycles. The van der Waals surface area contributed by atoms with E-state index in [1.165, 1.54) is 4.90 Å². The highest BCUT2D eigenvalue weighted by Crippen LogP contribution is 2.40. The Morgan fingerprint density at radius 3 is 2.02 bits per heavy atom. The van der Waals surface area contributed by atoms with Crippen molar-refractivity contribution in [2.45, 2.75) is 155 Å². The third-order valence-electron chi connectivity index (χ3n) is 10.8. The van der Waals surface area contributed by atoms with Crippen molar-refractivity contribution < 1.29 is 32.4 Å². The molecule has 0 aromatic heterocycles. The Bertz CT molecular complexity index is 1410. The average molecular weight is 736 g/mol. The van der Waals surface area contributed by atoms with E-state index in [9.17, 15) is 32.4 Å². The molecule has 4 atom stereocenters. The highest BCUT2D eigenvalue weighted by atomic mass is 32.2. The van der Waals surface area contributed by atoms with E-state index < -0.39 is 73.2 Å². The molecule has 0 bridgehead atoms. The van der Waals surface area contributed by atoms with Crippen molar-refractivity contribution in [3.8, 4) is 0 Å². The van der Waals surface area contributed by atoms with E-state index in [1.807, 2.05) is 41.5 Å². The number of amides is 5. The molecule has 0 radical (unpaired) electrons. The normalized spacial score (nSPS) is 22.3. The first kappa shape index (κ1) is 42.5. The molecule has 3 rings (SSSR count). The van der Waals surface area contributed by atoms with Crippen molar-refractivity contribution in [3.63, 3.8) is 0 Å². The van der Waals surface area contributed by atoms with Gasteiger partial charge in [-0.3, -0.25) is 19.2 Å². The minimum absolute atomic E-state index is 0.195. The number of urea groups is 1. The number of carbonyl (C=O) groups is 5. The van der Waals surface area contributed by atoms with Gasteiger partial charge in [-0.1, -0.05) is 79.7 Å². The number of sulfone groups is 1. The maximum atomic E-state index is 14.6. The number of Topliss-reactive ketones (excluding diaryl/α,β-unsaturated/α-hetero) is 1. The van der Waals surface area contributed by atoms with Crippen LogP contribution in [0.4, 0.5) is 4.79 Å². The summed E-state index contributed by atoms with van der Waals surface area (Å²) >= 11 is 0. The van der Waals surface area contributed by atoms with Crippen LogP contribution in [0.3, 0.4) is 0 Å². The van der Waals surface area contributed by atoms with Gasteiger partial charge in [0, 0.05) is 13.1 Å². The number of nitrogens with one attached hydrogen (secondary N) is 4. The fourth-order valence-corrected chi connectivity index (χ4v) is 8.84. The van der Waals surface area contributed by atoms with E-state index in [-0.39, 0.29) is 36.1 Å².